The van der Waals surface area contributed by atoms with E-state index in [1.165, 1.54) is 12.3 Å². The van der Waals surface area contributed by atoms with Crippen LogP contribution in [0.4, 0.5) is 14.5 Å². The minimum atomic E-state index is -0.928. The zero-order valence-corrected chi connectivity index (χ0v) is 13.2. The fraction of sp³-hybridized carbons (Fsp3) is 0.0588. The van der Waals surface area contributed by atoms with Gasteiger partial charge in [0.1, 0.15) is 17.2 Å². The van der Waals surface area contributed by atoms with E-state index < -0.39 is 23.0 Å². The molecule has 0 fully saturated rings. The van der Waals surface area contributed by atoms with Gasteiger partial charge in [-0.2, -0.15) is 0 Å². The number of benzene rings is 2. The number of H-pyrrole nitrogens is 1. The minimum absolute atomic E-state index is 0.187. The SMILES string of the molecule is Cc1c(Cl)ccc2c(=O)c(C(=O)Nc3ccc(F)cc3F)c[nH]c12. The van der Waals surface area contributed by atoms with Gasteiger partial charge in [-0.15, -0.1) is 0 Å². The normalized spacial score (nSPS) is 10.8. The molecule has 7 heteroatoms. The second kappa shape index (κ2) is 6.05. The van der Waals surface area contributed by atoms with Crippen molar-refractivity contribution in [3.63, 3.8) is 0 Å². The van der Waals surface area contributed by atoms with E-state index >= 15 is 0 Å². The molecule has 0 aliphatic heterocycles. The lowest BCUT2D eigenvalue weighted by Crippen LogP contribution is -2.22. The Bertz CT molecular complexity index is 1030. The predicted molar refractivity (Wildman–Crippen MR) is 88.6 cm³/mol. The van der Waals surface area contributed by atoms with Crippen molar-refractivity contribution >= 4 is 34.1 Å². The van der Waals surface area contributed by atoms with Crippen LogP contribution >= 0.6 is 11.6 Å². The van der Waals surface area contributed by atoms with Crippen molar-refractivity contribution in [3.05, 3.63) is 74.5 Å². The number of aromatic nitrogens is 1. The maximum atomic E-state index is 13.6. The molecule has 1 amide bonds. The zero-order chi connectivity index (χ0) is 17.4. The third-order valence-electron chi connectivity index (χ3n) is 3.67. The van der Waals surface area contributed by atoms with Crippen LogP contribution in [0.3, 0.4) is 0 Å². The van der Waals surface area contributed by atoms with Gasteiger partial charge < -0.3 is 10.3 Å². The summed E-state index contributed by atoms with van der Waals surface area (Å²) in [7, 11) is 0. The van der Waals surface area contributed by atoms with E-state index in [0.717, 1.165) is 12.1 Å². The molecule has 2 N–H and O–H groups in total. The molecule has 0 saturated heterocycles. The number of amides is 1. The molecule has 24 heavy (non-hydrogen) atoms. The van der Waals surface area contributed by atoms with E-state index in [-0.39, 0.29) is 11.3 Å². The van der Waals surface area contributed by atoms with Crippen LogP contribution in [0.2, 0.25) is 5.02 Å². The van der Waals surface area contributed by atoms with Gasteiger partial charge in [-0.05, 0) is 36.8 Å². The first-order chi connectivity index (χ1) is 11.4. The van der Waals surface area contributed by atoms with E-state index in [9.17, 15) is 18.4 Å². The molecule has 1 heterocycles. The molecule has 122 valence electrons. The van der Waals surface area contributed by atoms with Crippen LogP contribution in [-0.4, -0.2) is 10.9 Å². The predicted octanol–water partition coefficient (Wildman–Crippen LogP) is 4.02. The molecule has 0 bridgehead atoms. The molecule has 0 radical (unpaired) electrons. The molecule has 0 spiro atoms. The Morgan fingerprint density at radius 1 is 1.21 bits per heavy atom. The summed E-state index contributed by atoms with van der Waals surface area (Å²) in [5, 5.41) is 3.04. The average molecular weight is 349 g/mol. The summed E-state index contributed by atoms with van der Waals surface area (Å²) in [6.45, 7) is 1.74. The molecular weight excluding hydrogens is 338 g/mol. The summed E-state index contributed by atoms with van der Waals surface area (Å²) >= 11 is 6.01. The number of hydrogen-bond donors (Lipinski definition) is 2. The number of pyridine rings is 1. The van der Waals surface area contributed by atoms with Crippen LogP contribution in [0.25, 0.3) is 10.9 Å². The second-order valence-electron chi connectivity index (χ2n) is 5.20. The Hall–Kier alpha value is -2.73. The monoisotopic (exact) mass is 348 g/mol. The Morgan fingerprint density at radius 3 is 2.67 bits per heavy atom. The molecule has 0 saturated carbocycles. The highest BCUT2D eigenvalue weighted by Gasteiger charge is 2.16. The van der Waals surface area contributed by atoms with E-state index in [2.05, 4.69) is 10.3 Å². The number of rotatable bonds is 2. The summed E-state index contributed by atoms with van der Waals surface area (Å²) in [5.41, 5.74) is 0.296. The van der Waals surface area contributed by atoms with Crippen molar-refractivity contribution in [1.82, 2.24) is 4.98 Å². The van der Waals surface area contributed by atoms with Crippen molar-refractivity contribution in [2.24, 2.45) is 0 Å². The number of nitrogens with one attached hydrogen (secondary N) is 2. The highest BCUT2D eigenvalue weighted by Crippen LogP contribution is 2.22. The van der Waals surface area contributed by atoms with Gasteiger partial charge in [-0.25, -0.2) is 8.78 Å². The fourth-order valence-electron chi connectivity index (χ4n) is 2.37. The molecule has 4 nitrogen and oxygen atoms in total. The summed E-state index contributed by atoms with van der Waals surface area (Å²) in [6, 6.07) is 5.82. The molecule has 3 aromatic rings. The number of aromatic amines is 1. The second-order valence-corrected chi connectivity index (χ2v) is 5.61. The molecular formula is C17H11ClF2N2O2. The molecule has 0 atom stereocenters. The lowest BCUT2D eigenvalue weighted by atomic mass is 10.1. The lowest BCUT2D eigenvalue weighted by Gasteiger charge is -2.08. The van der Waals surface area contributed by atoms with Gasteiger partial charge in [-0.1, -0.05) is 11.6 Å². The smallest absolute Gasteiger partial charge is 0.261 e. The van der Waals surface area contributed by atoms with Gasteiger partial charge in [0.2, 0.25) is 5.43 Å². The van der Waals surface area contributed by atoms with Crippen LogP contribution < -0.4 is 10.7 Å². The van der Waals surface area contributed by atoms with Crippen LogP contribution in [-0.2, 0) is 0 Å². The van der Waals surface area contributed by atoms with E-state index in [1.54, 1.807) is 13.0 Å². The van der Waals surface area contributed by atoms with Crippen LogP contribution in [0, 0.1) is 18.6 Å². The van der Waals surface area contributed by atoms with Gasteiger partial charge in [0.15, 0.2) is 0 Å². The van der Waals surface area contributed by atoms with Crippen molar-refractivity contribution < 1.29 is 13.6 Å². The van der Waals surface area contributed by atoms with Crippen molar-refractivity contribution in [2.75, 3.05) is 5.32 Å². The summed E-state index contributed by atoms with van der Waals surface area (Å²) < 4.78 is 26.5. The molecule has 3 rings (SSSR count). The molecule has 0 aliphatic carbocycles. The molecule has 2 aromatic carbocycles. The summed E-state index contributed by atoms with van der Waals surface area (Å²) in [4.78, 5) is 27.6. The Kier molecular flexibility index (Phi) is 4.07. The number of carbonyl (C=O) groups excluding carboxylic acids is 1. The van der Waals surface area contributed by atoms with E-state index in [0.29, 0.717) is 27.6 Å². The summed E-state index contributed by atoms with van der Waals surface area (Å²) in [6.07, 6.45) is 1.24. The highest BCUT2D eigenvalue weighted by molar-refractivity contribution is 6.32. The standard InChI is InChI=1S/C17H11ClF2N2O2/c1-8-12(18)4-3-10-15(8)21-7-11(16(10)23)17(24)22-14-5-2-9(19)6-13(14)20/h2-7H,1H3,(H,21,23)(H,22,24). The van der Waals surface area contributed by atoms with Crippen LogP contribution in [0.1, 0.15) is 15.9 Å². The maximum absolute atomic E-state index is 13.6. The summed E-state index contributed by atoms with van der Waals surface area (Å²) in [5.74, 6) is -2.49. The van der Waals surface area contributed by atoms with Gasteiger partial charge in [0, 0.05) is 22.7 Å². The van der Waals surface area contributed by atoms with Gasteiger partial charge in [0.25, 0.3) is 5.91 Å². The topological polar surface area (TPSA) is 62.0 Å². The van der Waals surface area contributed by atoms with E-state index in [4.69, 9.17) is 11.6 Å². The third kappa shape index (κ3) is 2.76. The van der Waals surface area contributed by atoms with Crippen LogP contribution in [0.5, 0.6) is 0 Å². The zero-order valence-electron chi connectivity index (χ0n) is 12.4. The fourth-order valence-corrected chi connectivity index (χ4v) is 2.52. The molecule has 0 aliphatic rings. The number of hydrogen-bond acceptors (Lipinski definition) is 2. The van der Waals surface area contributed by atoms with Crippen molar-refractivity contribution in [3.8, 4) is 0 Å². The number of aryl methyl sites for hydroxylation is 1. The lowest BCUT2D eigenvalue weighted by molar-refractivity contribution is 0.102. The van der Waals surface area contributed by atoms with Crippen molar-refractivity contribution in [1.29, 1.82) is 0 Å². The number of anilines is 1. The number of carbonyl (C=O) groups is 1. The number of fused-ring (bicyclic) bond motifs is 1. The molecule has 0 unspecified atom stereocenters. The highest BCUT2D eigenvalue weighted by atomic mass is 35.5. The largest absolute Gasteiger partial charge is 0.360 e. The van der Waals surface area contributed by atoms with E-state index in [1.807, 2.05) is 0 Å². The maximum Gasteiger partial charge on any atom is 0.261 e. The first-order valence-corrected chi connectivity index (χ1v) is 7.33. The van der Waals surface area contributed by atoms with Gasteiger partial charge in [-0.3, -0.25) is 9.59 Å². The average Bonchev–Trinajstić information content (AvgIpc) is 2.54. The van der Waals surface area contributed by atoms with Gasteiger partial charge >= 0.3 is 0 Å². The Morgan fingerprint density at radius 2 is 1.96 bits per heavy atom. The Balaban J connectivity index is 2.03. The minimum Gasteiger partial charge on any atom is -0.360 e. The first kappa shape index (κ1) is 16.1. The molecule has 1 aromatic heterocycles. The number of halogens is 3. The quantitative estimate of drug-likeness (QED) is 0.734. The Labute approximate surface area is 140 Å². The van der Waals surface area contributed by atoms with Crippen LogP contribution in [0.15, 0.2) is 41.3 Å². The first-order valence-electron chi connectivity index (χ1n) is 6.95. The van der Waals surface area contributed by atoms with Crippen molar-refractivity contribution in [2.45, 2.75) is 6.92 Å². The van der Waals surface area contributed by atoms with Gasteiger partial charge in [0.05, 0.1) is 11.2 Å². The third-order valence-corrected chi connectivity index (χ3v) is 4.08.